The standard InChI is InChI=1S/C13H14ClNO/c14-11-7-3-4-8-12(11)15-13(16)9-10-5-1-2-6-10/h1,3-5,7-8,10H,2,6,9H2,(H,15,16)/t10-/m0/s1. The fourth-order valence-corrected chi connectivity index (χ4v) is 2.05. The quantitative estimate of drug-likeness (QED) is 0.797. The fourth-order valence-electron chi connectivity index (χ4n) is 1.87. The first kappa shape index (κ1) is 11.2. The average Bonchev–Trinajstić information content (AvgIpc) is 2.74. The lowest BCUT2D eigenvalue weighted by Gasteiger charge is -2.09. The van der Waals surface area contributed by atoms with Crippen molar-refractivity contribution in [3.8, 4) is 0 Å². The van der Waals surface area contributed by atoms with Crippen LogP contribution in [-0.4, -0.2) is 5.91 Å². The van der Waals surface area contributed by atoms with Crippen LogP contribution in [0.15, 0.2) is 36.4 Å². The maximum absolute atomic E-state index is 11.7. The molecule has 2 rings (SSSR count). The van der Waals surface area contributed by atoms with Crippen molar-refractivity contribution in [2.24, 2.45) is 5.92 Å². The van der Waals surface area contributed by atoms with Crippen molar-refractivity contribution in [1.29, 1.82) is 0 Å². The van der Waals surface area contributed by atoms with Crippen LogP contribution in [0.5, 0.6) is 0 Å². The summed E-state index contributed by atoms with van der Waals surface area (Å²) >= 11 is 5.96. The Morgan fingerprint density at radius 3 is 2.94 bits per heavy atom. The summed E-state index contributed by atoms with van der Waals surface area (Å²) in [6.45, 7) is 0. The van der Waals surface area contributed by atoms with Crippen LogP contribution in [0.3, 0.4) is 0 Å². The van der Waals surface area contributed by atoms with Crippen molar-refractivity contribution >= 4 is 23.2 Å². The Morgan fingerprint density at radius 1 is 1.44 bits per heavy atom. The minimum absolute atomic E-state index is 0.0321. The molecule has 2 nitrogen and oxygen atoms in total. The summed E-state index contributed by atoms with van der Waals surface area (Å²) in [4.78, 5) is 11.7. The van der Waals surface area contributed by atoms with Crippen molar-refractivity contribution in [3.63, 3.8) is 0 Å². The number of benzene rings is 1. The lowest BCUT2D eigenvalue weighted by atomic mass is 10.1. The van der Waals surface area contributed by atoms with E-state index in [1.165, 1.54) is 0 Å². The van der Waals surface area contributed by atoms with Gasteiger partial charge in [-0.05, 0) is 30.9 Å². The summed E-state index contributed by atoms with van der Waals surface area (Å²) in [6.07, 6.45) is 6.96. The van der Waals surface area contributed by atoms with Gasteiger partial charge in [-0.15, -0.1) is 0 Å². The van der Waals surface area contributed by atoms with Gasteiger partial charge in [0.05, 0.1) is 10.7 Å². The number of carbonyl (C=O) groups is 1. The van der Waals surface area contributed by atoms with Gasteiger partial charge in [0, 0.05) is 6.42 Å². The third kappa shape index (κ3) is 2.86. The molecular weight excluding hydrogens is 222 g/mol. The third-order valence-corrected chi connectivity index (χ3v) is 3.04. The van der Waals surface area contributed by atoms with Gasteiger partial charge in [-0.25, -0.2) is 0 Å². The molecule has 0 radical (unpaired) electrons. The number of hydrogen-bond donors (Lipinski definition) is 1. The molecule has 3 heteroatoms. The van der Waals surface area contributed by atoms with E-state index in [0.717, 1.165) is 12.8 Å². The van der Waals surface area contributed by atoms with E-state index in [4.69, 9.17) is 11.6 Å². The van der Waals surface area contributed by atoms with Crippen LogP contribution in [0, 0.1) is 5.92 Å². The monoisotopic (exact) mass is 235 g/mol. The molecule has 1 aliphatic carbocycles. The van der Waals surface area contributed by atoms with E-state index >= 15 is 0 Å². The first-order chi connectivity index (χ1) is 7.75. The van der Waals surface area contributed by atoms with E-state index in [1.807, 2.05) is 18.2 Å². The van der Waals surface area contributed by atoms with Crippen LogP contribution >= 0.6 is 11.6 Å². The molecule has 0 unspecified atom stereocenters. The minimum atomic E-state index is 0.0321. The van der Waals surface area contributed by atoms with Crippen LogP contribution in [0.4, 0.5) is 5.69 Å². The number of hydrogen-bond acceptors (Lipinski definition) is 1. The Morgan fingerprint density at radius 2 is 2.25 bits per heavy atom. The average molecular weight is 236 g/mol. The SMILES string of the molecule is O=C(C[C@H]1C=CCC1)Nc1ccccc1Cl. The van der Waals surface area contributed by atoms with Crippen LogP contribution < -0.4 is 5.32 Å². The summed E-state index contributed by atoms with van der Waals surface area (Å²) in [6, 6.07) is 7.28. The van der Waals surface area contributed by atoms with Gasteiger partial charge < -0.3 is 5.32 Å². The highest BCUT2D eigenvalue weighted by molar-refractivity contribution is 6.33. The fraction of sp³-hybridized carbons (Fsp3) is 0.308. The van der Waals surface area contributed by atoms with Gasteiger partial charge in [-0.1, -0.05) is 35.9 Å². The molecule has 16 heavy (non-hydrogen) atoms. The Hall–Kier alpha value is -1.28. The highest BCUT2D eigenvalue weighted by Gasteiger charge is 2.14. The van der Waals surface area contributed by atoms with Crippen molar-refractivity contribution in [1.82, 2.24) is 0 Å². The molecule has 1 amide bonds. The van der Waals surface area contributed by atoms with Crippen LogP contribution in [0.2, 0.25) is 5.02 Å². The van der Waals surface area contributed by atoms with Gasteiger partial charge in [0.25, 0.3) is 0 Å². The number of halogens is 1. The molecule has 0 saturated heterocycles. The normalized spacial score (nSPS) is 18.7. The maximum atomic E-state index is 11.7. The van der Waals surface area contributed by atoms with E-state index in [-0.39, 0.29) is 5.91 Å². The summed E-state index contributed by atoms with van der Waals surface area (Å²) in [5.74, 6) is 0.423. The summed E-state index contributed by atoms with van der Waals surface area (Å²) in [7, 11) is 0. The Balaban J connectivity index is 1.92. The highest BCUT2D eigenvalue weighted by atomic mass is 35.5. The van der Waals surface area contributed by atoms with Gasteiger partial charge >= 0.3 is 0 Å². The zero-order chi connectivity index (χ0) is 11.4. The number of nitrogens with one attached hydrogen (secondary N) is 1. The predicted octanol–water partition coefficient (Wildman–Crippen LogP) is 3.63. The van der Waals surface area contributed by atoms with Gasteiger partial charge in [0.2, 0.25) is 5.91 Å². The van der Waals surface area contributed by atoms with Crippen LogP contribution in [0.25, 0.3) is 0 Å². The lowest BCUT2D eigenvalue weighted by molar-refractivity contribution is -0.116. The van der Waals surface area contributed by atoms with Crippen molar-refractivity contribution in [2.45, 2.75) is 19.3 Å². The summed E-state index contributed by atoms with van der Waals surface area (Å²) in [5.41, 5.74) is 0.691. The molecule has 1 aliphatic rings. The summed E-state index contributed by atoms with van der Waals surface area (Å²) < 4.78 is 0. The van der Waals surface area contributed by atoms with E-state index in [2.05, 4.69) is 17.5 Å². The first-order valence-electron chi connectivity index (χ1n) is 5.47. The predicted molar refractivity (Wildman–Crippen MR) is 66.6 cm³/mol. The first-order valence-corrected chi connectivity index (χ1v) is 5.84. The Kier molecular flexibility index (Phi) is 3.62. The Bertz CT molecular complexity index is 414. The van der Waals surface area contributed by atoms with E-state index in [1.54, 1.807) is 6.07 Å². The second-order valence-electron chi connectivity index (χ2n) is 4.00. The molecule has 84 valence electrons. The smallest absolute Gasteiger partial charge is 0.225 e. The second-order valence-corrected chi connectivity index (χ2v) is 4.40. The minimum Gasteiger partial charge on any atom is -0.325 e. The van der Waals surface area contributed by atoms with Crippen molar-refractivity contribution in [3.05, 3.63) is 41.4 Å². The zero-order valence-electron chi connectivity index (χ0n) is 8.95. The van der Waals surface area contributed by atoms with Gasteiger partial charge in [-0.2, -0.15) is 0 Å². The molecule has 1 atom stereocenters. The molecule has 1 N–H and O–H groups in total. The molecule has 1 aromatic rings. The Labute approximate surface area is 100 Å². The molecule has 0 fully saturated rings. The van der Waals surface area contributed by atoms with E-state index in [0.29, 0.717) is 23.0 Å². The molecular formula is C13H14ClNO. The van der Waals surface area contributed by atoms with Gasteiger partial charge in [0.15, 0.2) is 0 Å². The highest BCUT2D eigenvalue weighted by Crippen LogP contribution is 2.23. The molecule has 0 bridgehead atoms. The number of para-hydroxylation sites is 1. The number of allylic oxidation sites excluding steroid dienone is 2. The molecule has 0 spiro atoms. The number of rotatable bonds is 3. The topological polar surface area (TPSA) is 29.1 Å². The largest absolute Gasteiger partial charge is 0.325 e. The maximum Gasteiger partial charge on any atom is 0.225 e. The van der Waals surface area contributed by atoms with Crippen molar-refractivity contribution in [2.75, 3.05) is 5.32 Å². The number of anilines is 1. The second kappa shape index (κ2) is 5.17. The van der Waals surface area contributed by atoms with Crippen molar-refractivity contribution < 1.29 is 4.79 Å². The van der Waals surface area contributed by atoms with E-state index < -0.39 is 0 Å². The summed E-state index contributed by atoms with van der Waals surface area (Å²) in [5, 5.41) is 3.41. The number of amides is 1. The van der Waals surface area contributed by atoms with Gasteiger partial charge in [0.1, 0.15) is 0 Å². The molecule has 0 aromatic heterocycles. The lowest BCUT2D eigenvalue weighted by Crippen LogP contribution is -2.14. The molecule has 0 saturated carbocycles. The molecule has 0 heterocycles. The molecule has 0 aliphatic heterocycles. The molecule has 1 aromatic carbocycles. The van der Waals surface area contributed by atoms with E-state index in [9.17, 15) is 4.79 Å². The third-order valence-electron chi connectivity index (χ3n) is 2.71. The van der Waals surface area contributed by atoms with Crippen LogP contribution in [-0.2, 0) is 4.79 Å². The van der Waals surface area contributed by atoms with Crippen LogP contribution in [0.1, 0.15) is 19.3 Å². The van der Waals surface area contributed by atoms with Gasteiger partial charge in [-0.3, -0.25) is 4.79 Å². The number of carbonyl (C=O) groups excluding carboxylic acids is 1. The zero-order valence-corrected chi connectivity index (χ0v) is 9.70.